The molecule has 0 spiro atoms. The third-order valence-corrected chi connectivity index (χ3v) is 8.87. The summed E-state index contributed by atoms with van der Waals surface area (Å²) >= 11 is 7.54. The molecule has 2 aromatic carbocycles. The van der Waals surface area contributed by atoms with Crippen LogP contribution in [0.25, 0.3) is 22.0 Å². The van der Waals surface area contributed by atoms with Gasteiger partial charge >= 0.3 is 11.8 Å². The maximum absolute atomic E-state index is 15.2. The molecular formula is C29H33ClF2N4O4S. The van der Waals surface area contributed by atoms with Crippen LogP contribution in [0.3, 0.4) is 0 Å². The number of hydrogen-bond donors (Lipinski definition) is 0. The number of rotatable bonds is 3. The Morgan fingerprint density at radius 2 is 1.88 bits per heavy atom. The van der Waals surface area contributed by atoms with Gasteiger partial charge in [-0.3, -0.25) is 4.57 Å². The number of hydrogen-bond acceptors (Lipinski definition) is 7. The average molecular weight is 607 g/mol. The minimum Gasteiger partial charge on any atom is -0.444 e. The van der Waals surface area contributed by atoms with Gasteiger partial charge < -0.3 is 19.3 Å². The SMILES string of the molecule is CO[C@@H]1CSc2c(-c3cc(Cl)c(F)cc3F)c(C)cc3c(N4CCN(C(=O)OC(C)(C)C)C[C@@H]4C)nc(=O)n(c23)C1. The van der Waals surface area contributed by atoms with E-state index < -0.39 is 22.9 Å². The molecule has 1 saturated heterocycles. The van der Waals surface area contributed by atoms with Gasteiger partial charge in [0.05, 0.1) is 23.2 Å². The Kier molecular flexibility index (Phi) is 7.99. The highest BCUT2D eigenvalue weighted by Gasteiger charge is 2.34. The number of nitrogens with zero attached hydrogens (tertiary/aromatic N) is 4. The van der Waals surface area contributed by atoms with Crippen molar-refractivity contribution in [2.45, 2.75) is 63.8 Å². The number of methoxy groups -OCH3 is 1. The van der Waals surface area contributed by atoms with Crippen LogP contribution in [0.2, 0.25) is 5.02 Å². The first-order chi connectivity index (χ1) is 19.3. The van der Waals surface area contributed by atoms with E-state index >= 15 is 4.39 Å². The zero-order chi connectivity index (χ0) is 29.8. The van der Waals surface area contributed by atoms with Crippen LogP contribution >= 0.6 is 23.4 Å². The van der Waals surface area contributed by atoms with E-state index in [1.807, 2.05) is 45.6 Å². The Bertz CT molecular complexity index is 1590. The predicted octanol–water partition coefficient (Wildman–Crippen LogP) is 5.87. The van der Waals surface area contributed by atoms with Crippen LogP contribution in [0, 0.1) is 18.6 Å². The summed E-state index contributed by atoms with van der Waals surface area (Å²) in [5, 5.41) is 0.544. The maximum Gasteiger partial charge on any atom is 0.410 e. The molecule has 0 aliphatic carbocycles. The molecule has 0 radical (unpaired) electrons. The number of halogens is 3. The van der Waals surface area contributed by atoms with Crippen molar-refractivity contribution in [2.75, 3.05) is 37.4 Å². The number of aromatic nitrogens is 2. The average Bonchev–Trinajstić information content (AvgIpc) is 3.08. The van der Waals surface area contributed by atoms with Crippen molar-refractivity contribution in [3.63, 3.8) is 0 Å². The van der Waals surface area contributed by atoms with Crippen molar-refractivity contribution in [3.05, 3.63) is 50.9 Å². The summed E-state index contributed by atoms with van der Waals surface area (Å²) in [6.45, 7) is 10.8. The van der Waals surface area contributed by atoms with Crippen molar-refractivity contribution < 1.29 is 23.0 Å². The van der Waals surface area contributed by atoms with E-state index in [0.717, 1.165) is 17.0 Å². The zero-order valence-electron chi connectivity index (χ0n) is 23.9. The van der Waals surface area contributed by atoms with Gasteiger partial charge in [-0.15, -0.1) is 11.8 Å². The van der Waals surface area contributed by atoms with Gasteiger partial charge in [0.25, 0.3) is 0 Å². The van der Waals surface area contributed by atoms with Gasteiger partial charge in [0, 0.05) is 66.0 Å². The highest BCUT2D eigenvalue weighted by molar-refractivity contribution is 7.99. The Morgan fingerprint density at radius 3 is 2.54 bits per heavy atom. The molecule has 1 aromatic heterocycles. The van der Waals surface area contributed by atoms with E-state index in [-0.39, 0.29) is 35.4 Å². The summed E-state index contributed by atoms with van der Waals surface area (Å²) < 4.78 is 42.1. The summed E-state index contributed by atoms with van der Waals surface area (Å²) in [5.41, 5.74) is 0.992. The summed E-state index contributed by atoms with van der Waals surface area (Å²) in [4.78, 5) is 35.2. The number of piperazine rings is 1. The predicted molar refractivity (Wildman–Crippen MR) is 157 cm³/mol. The topological polar surface area (TPSA) is 76.9 Å². The lowest BCUT2D eigenvalue weighted by Gasteiger charge is -2.41. The van der Waals surface area contributed by atoms with Crippen LogP contribution < -0.4 is 10.6 Å². The minimum absolute atomic E-state index is 0.158. The molecule has 12 heteroatoms. The Balaban J connectivity index is 1.67. The first-order valence-corrected chi connectivity index (χ1v) is 14.8. The van der Waals surface area contributed by atoms with E-state index in [9.17, 15) is 14.0 Å². The first-order valence-electron chi connectivity index (χ1n) is 13.4. The van der Waals surface area contributed by atoms with E-state index in [1.54, 1.807) is 16.6 Å². The summed E-state index contributed by atoms with van der Waals surface area (Å²) in [6.07, 6.45) is -0.667. The van der Waals surface area contributed by atoms with E-state index in [4.69, 9.17) is 21.1 Å². The standard InChI is InChI=1S/C29H33ClF2N4O4S/c1-15-9-19-24-25(23(15)18-10-20(30)22(32)11-21(18)31)41-14-17(39-6)13-36(24)27(37)33-26(19)35-8-7-34(12-16(35)2)28(38)40-29(3,4)5/h9-11,16-17H,7-8,12-14H2,1-6H3/t16-,17-/m0/s1. The second-order valence-corrected chi connectivity index (χ2v) is 12.9. The number of amides is 1. The quantitative estimate of drug-likeness (QED) is 0.345. The van der Waals surface area contributed by atoms with Crippen molar-refractivity contribution in [1.82, 2.24) is 14.5 Å². The fourth-order valence-corrected chi connectivity index (χ4v) is 6.97. The van der Waals surface area contributed by atoms with Gasteiger partial charge in [0.2, 0.25) is 0 Å². The number of thioether (sulfide) groups is 1. The number of carbonyl (C=O) groups excluding carboxylic acids is 1. The maximum atomic E-state index is 15.2. The van der Waals surface area contributed by atoms with Crippen molar-refractivity contribution in [2.24, 2.45) is 0 Å². The largest absolute Gasteiger partial charge is 0.444 e. The lowest BCUT2D eigenvalue weighted by molar-refractivity contribution is 0.0218. The molecule has 0 N–H and O–H groups in total. The van der Waals surface area contributed by atoms with Gasteiger partial charge in [0.1, 0.15) is 23.1 Å². The number of anilines is 1. The van der Waals surface area contributed by atoms with E-state index in [2.05, 4.69) is 4.98 Å². The molecule has 8 nitrogen and oxygen atoms in total. The molecule has 0 saturated carbocycles. The molecule has 41 heavy (non-hydrogen) atoms. The first kappa shape index (κ1) is 29.6. The van der Waals surface area contributed by atoms with Crippen LogP contribution in [0.15, 0.2) is 27.9 Å². The molecule has 2 aliphatic rings. The molecule has 1 amide bonds. The third kappa shape index (κ3) is 5.63. The fourth-order valence-electron chi connectivity index (χ4n) is 5.44. The summed E-state index contributed by atoms with van der Waals surface area (Å²) in [7, 11) is 1.59. The van der Waals surface area contributed by atoms with Gasteiger partial charge in [-0.1, -0.05) is 11.6 Å². The number of ether oxygens (including phenoxy) is 2. The molecule has 5 rings (SSSR count). The minimum atomic E-state index is -0.841. The number of aryl methyl sites for hydroxylation is 1. The second-order valence-electron chi connectivity index (χ2n) is 11.5. The second kappa shape index (κ2) is 11.1. The normalized spacial score (nSPS) is 19.4. The Morgan fingerprint density at radius 1 is 1.15 bits per heavy atom. The molecule has 2 aliphatic heterocycles. The molecule has 2 atom stereocenters. The van der Waals surface area contributed by atoms with Crippen LogP contribution in [-0.4, -0.2) is 70.8 Å². The Hall–Kier alpha value is -2.89. The summed E-state index contributed by atoms with van der Waals surface area (Å²) in [5.74, 6) is -0.566. The lowest BCUT2D eigenvalue weighted by atomic mass is 9.97. The fraction of sp³-hybridized carbons (Fsp3) is 0.483. The molecule has 0 unspecified atom stereocenters. The summed E-state index contributed by atoms with van der Waals surface area (Å²) in [6, 6.07) is 3.80. The third-order valence-electron chi connectivity index (χ3n) is 7.36. The molecular weight excluding hydrogens is 574 g/mol. The zero-order valence-corrected chi connectivity index (χ0v) is 25.5. The van der Waals surface area contributed by atoms with Crippen LogP contribution in [0.4, 0.5) is 19.4 Å². The Labute approximate surface area is 246 Å². The number of benzene rings is 2. The van der Waals surface area contributed by atoms with Crippen LogP contribution in [0.5, 0.6) is 0 Å². The molecule has 3 heterocycles. The van der Waals surface area contributed by atoms with Crippen molar-refractivity contribution in [3.8, 4) is 11.1 Å². The van der Waals surface area contributed by atoms with Crippen LogP contribution in [0.1, 0.15) is 33.3 Å². The smallest absolute Gasteiger partial charge is 0.410 e. The molecule has 0 bridgehead atoms. The van der Waals surface area contributed by atoms with Crippen LogP contribution in [-0.2, 0) is 16.0 Å². The highest BCUT2D eigenvalue weighted by atomic mass is 35.5. The number of carbonyl (C=O) groups is 1. The van der Waals surface area contributed by atoms with Gasteiger partial charge in [0.15, 0.2) is 0 Å². The molecule has 1 fully saturated rings. The van der Waals surface area contributed by atoms with Crippen molar-refractivity contribution in [1.29, 1.82) is 0 Å². The van der Waals surface area contributed by atoms with Gasteiger partial charge in [-0.2, -0.15) is 4.98 Å². The highest BCUT2D eigenvalue weighted by Crippen LogP contribution is 2.45. The van der Waals surface area contributed by atoms with E-state index in [1.165, 1.54) is 17.8 Å². The van der Waals surface area contributed by atoms with E-state index in [0.29, 0.717) is 47.2 Å². The molecule has 220 valence electrons. The molecule has 3 aromatic rings. The van der Waals surface area contributed by atoms with Crippen molar-refractivity contribution >= 4 is 46.2 Å². The lowest BCUT2D eigenvalue weighted by Crippen LogP contribution is -2.55. The van der Waals surface area contributed by atoms with Gasteiger partial charge in [-0.05, 0) is 52.3 Å². The van der Waals surface area contributed by atoms with Gasteiger partial charge in [-0.25, -0.2) is 18.4 Å². The monoisotopic (exact) mass is 606 g/mol.